The van der Waals surface area contributed by atoms with Crippen molar-refractivity contribution in [2.45, 2.75) is 71.4 Å². The molecule has 0 aliphatic carbocycles. The first-order valence-electron chi connectivity index (χ1n) is 5.94. The van der Waals surface area contributed by atoms with E-state index in [-0.39, 0.29) is 11.6 Å². The lowest BCUT2D eigenvalue weighted by molar-refractivity contribution is -0.0311. The normalized spacial score (nSPS) is 14.4. The molecular formula is C12H27NO. The molecule has 2 N–H and O–H groups in total. The third kappa shape index (κ3) is 5.61. The molecule has 0 aromatic heterocycles. The van der Waals surface area contributed by atoms with Gasteiger partial charge in [-0.3, -0.25) is 0 Å². The zero-order valence-electron chi connectivity index (χ0n) is 10.3. The fraction of sp³-hybridized carbons (Fsp3) is 1.00. The summed E-state index contributed by atoms with van der Waals surface area (Å²) < 4.78 is 5.62. The van der Waals surface area contributed by atoms with Crippen molar-refractivity contribution in [1.29, 1.82) is 0 Å². The van der Waals surface area contributed by atoms with Crippen molar-refractivity contribution < 1.29 is 4.74 Å². The second-order valence-corrected chi connectivity index (χ2v) is 4.49. The minimum Gasteiger partial charge on any atom is -0.374 e. The Bertz CT molecular complexity index is 134. The van der Waals surface area contributed by atoms with Gasteiger partial charge in [0, 0.05) is 12.6 Å². The maximum absolute atomic E-state index is 6.09. The van der Waals surface area contributed by atoms with E-state index in [2.05, 4.69) is 20.8 Å². The third-order valence-corrected chi connectivity index (χ3v) is 2.78. The molecule has 0 rings (SSSR count). The molecule has 0 aromatic rings. The summed E-state index contributed by atoms with van der Waals surface area (Å²) in [6, 6.07) is 0.166. The average Bonchev–Trinajstić information content (AvgIpc) is 2.12. The molecule has 0 aromatic carbocycles. The number of rotatable bonds is 8. The van der Waals surface area contributed by atoms with Crippen molar-refractivity contribution >= 4 is 0 Å². The lowest BCUT2D eigenvalue weighted by atomic mass is 9.94. The minimum absolute atomic E-state index is 0.166. The average molecular weight is 201 g/mol. The van der Waals surface area contributed by atoms with Crippen molar-refractivity contribution in [3.05, 3.63) is 0 Å². The van der Waals surface area contributed by atoms with Crippen LogP contribution in [-0.2, 0) is 4.74 Å². The molecular weight excluding hydrogens is 174 g/mol. The Morgan fingerprint density at radius 3 is 2.29 bits per heavy atom. The van der Waals surface area contributed by atoms with Gasteiger partial charge in [0.25, 0.3) is 0 Å². The van der Waals surface area contributed by atoms with Crippen LogP contribution in [-0.4, -0.2) is 18.2 Å². The fourth-order valence-electron chi connectivity index (χ4n) is 1.62. The number of ether oxygens (including phenoxy) is 1. The van der Waals surface area contributed by atoms with E-state index in [0.29, 0.717) is 0 Å². The summed E-state index contributed by atoms with van der Waals surface area (Å²) in [5.41, 5.74) is 5.93. The third-order valence-electron chi connectivity index (χ3n) is 2.78. The molecule has 0 fully saturated rings. The van der Waals surface area contributed by atoms with Gasteiger partial charge in [-0.2, -0.15) is 0 Å². The Kier molecular flexibility index (Phi) is 7.20. The van der Waals surface area contributed by atoms with E-state index in [1.54, 1.807) is 0 Å². The summed E-state index contributed by atoms with van der Waals surface area (Å²) in [4.78, 5) is 0. The van der Waals surface area contributed by atoms with Crippen molar-refractivity contribution in [1.82, 2.24) is 0 Å². The number of hydrogen-bond acceptors (Lipinski definition) is 2. The van der Waals surface area contributed by atoms with Gasteiger partial charge < -0.3 is 10.5 Å². The SMILES string of the molecule is CCCCCCC(N)C(C)(C)OCC. The molecule has 86 valence electrons. The number of unbranched alkanes of at least 4 members (excludes halogenated alkanes) is 3. The molecule has 0 heterocycles. The highest BCUT2D eigenvalue weighted by Gasteiger charge is 2.25. The lowest BCUT2D eigenvalue weighted by Crippen LogP contribution is -2.45. The van der Waals surface area contributed by atoms with Gasteiger partial charge >= 0.3 is 0 Å². The summed E-state index contributed by atoms with van der Waals surface area (Å²) in [6.45, 7) is 9.16. The Labute approximate surface area is 89.2 Å². The molecule has 0 amide bonds. The Hall–Kier alpha value is -0.0800. The molecule has 14 heavy (non-hydrogen) atoms. The van der Waals surface area contributed by atoms with Crippen molar-refractivity contribution in [3.63, 3.8) is 0 Å². The topological polar surface area (TPSA) is 35.2 Å². The highest BCUT2D eigenvalue weighted by Crippen LogP contribution is 2.18. The monoisotopic (exact) mass is 201 g/mol. The maximum Gasteiger partial charge on any atom is 0.0776 e. The standard InChI is InChI=1S/C12H27NO/c1-5-7-8-9-10-11(13)12(3,4)14-6-2/h11H,5-10,13H2,1-4H3. The molecule has 1 unspecified atom stereocenters. The zero-order chi connectivity index (χ0) is 11.0. The van der Waals surface area contributed by atoms with Crippen molar-refractivity contribution in [2.24, 2.45) is 5.73 Å². The van der Waals surface area contributed by atoms with Crippen LogP contribution < -0.4 is 5.73 Å². The highest BCUT2D eigenvalue weighted by molar-refractivity contribution is 4.82. The first-order valence-corrected chi connectivity index (χ1v) is 5.94. The second-order valence-electron chi connectivity index (χ2n) is 4.49. The van der Waals surface area contributed by atoms with Gasteiger partial charge in [0.2, 0.25) is 0 Å². The van der Waals surface area contributed by atoms with E-state index in [1.807, 2.05) is 6.92 Å². The van der Waals surface area contributed by atoms with Crippen LogP contribution in [0.25, 0.3) is 0 Å². The van der Waals surface area contributed by atoms with Crippen LogP contribution in [0, 0.1) is 0 Å². The number of nitrogens with two attached hydrogens (primary N) is 1. The van der Waals surface area contributed by atoms with E-state index in [1.165, 1.54) is 25.7 Å². The second kappa shape index (κ2) is 7.24. The molecule has 0 radical (unpaired) electrons. The molecule has 0 bridgehead atoms. The predicted molar refractivity (Wildman–Crippen MR) is 62.4 cm³/mol. The van der Waals surface area contributed by atoms with Gasteiger partial charge in [0.1, 0.15) is 0 Å². The molecule has 0 saturated carbocycles. The van der Waals surface area contributed by atoms with Crippen LogP contribution in [0.2, 0.25) is 0 Å². The molecule has 0 saturated heterocycles. The Morgan fingerprint density at radius 2 is 1.79 bits per heavy atom. The van der Waals surface area contributed by atoms with Crippen LogP contribution >= 0.6 is 0 Å². The molecule has 1 atom stereocenters. The summed E-state index contributed by atoms with van der Waals surface area (Å²) in [5.74, 6) is 0. The van der Waals surface area contributed by atoms with Crippen LogP contribution in [0.15, 0.2) is 0 Å². The highest BCUT2D eigenvalue weighted by atomic mass is 16.5. The Morgan fingerprint density at radius 1 is 1.14 bits per heavy atom. The summed E-state index contributed by atoms with van der Waals surface area (Å²) in [5, 5.41) is 0. The van der Waals surface area contributed by atoms with Crippen LogP contribution in [0.3, 0.4) is 0 Å². The van der Waals surface area contributed by atoms with Crippen LogP contribution in [0.1, 0.15) is 59.8 Å². The first kappa shape index (κ1) is 13.9. The predicted octanol–water partition coefficient (Wildman–Crippen LogP) is 3.10. The lowest BCUT2D eigenvalue weighted by Gasteiger charge is -2.31. The van der Waals surface area contributed by atoms with E-state index in [9.17, 15) is 0 Å². The summed E-state index contributed by atoms with van der Waals surface area (Å²) >= 11 is 0. The minimum atomic E-state index is -0.166. The summed E-state index contributed by atoms with van der Waals surface area (Å²) in [7, 11) is 0. The molecule has 0 aliphatic heterocycles. The van der Waals surface area contributed by atoms with Gasteiger partial charge in [0.15, 0.2) is 0 Å². The van der Waals surface area contributed by atoms with Gasteiger partial charge in [0.05, 0.1) is 5.60 Å². The van der Waals surface area contributed by atoms with Crippen molar-refractivity contribution in [2.75, 3.05) is 6.61 Å². The zero-order valence-corrected chi connectivity index (χ0v) is 10.3. The van der Waals surface area contributed by atoms with Gasteiger partial charge in [-0.05, 0) is 27.2 Å². The van der Waals surface area contributed by atoms with E-state index >= 15 is 0 Å². The van der Waals surface area contributed by atoms with Crippen LogP contribution in [0.5, 0.6) is 0 Å². The smallest absolute Gasteiger partial charge is 0.0776 e. The summed E-state index contributed by atoms with van der Waals surface area (Å²) in [6.07, 6.45) is 6.21. The van der Waals surface area contributed by atoms with Crippen LogP contribution in [0.4, 0.5) is 0 Å². The first-order chi connectivity index (χ1) is 6.54. The quantitative estimate of drug-likeness (QED) is 0.612. The molecule has 2 heteroatoms. The molecule has 0 aliphatic rings. The van der Waals surface area contributed by atoms with E-state index < -0.39 is 0 Å². The molecule has 0 spiro atoms. The van der Waals surface area contributed by atoms with Gasteiger partial charge in [-0.1, -0.05) is 32.6 Å². The van der Waals surface area contributed by atoms with E-state index in [0.717, 1.165) is 13.0 Å². The molecule has 2 nitrogen and oxygen atoms in total. The van der Waals surface area contributed by atoms with E-state index in [4.69, 9.17) is 10.5 Å². The maximum atomic E-state index is 6.09. The van der Waals surface area contributed by atoms with Gasteiger partial charge in [-0.25, -0.2) is 0 Å². The largest absolute Gasteiger partial charge is 0.374 e. The van der Waals surface area contributed by atoms with Gasteiger partial charge in [-0.15, -0.1) is 0 Å². The van der Waals surface area contributed by atoms with Crippen molar-refractivity contribution in [3.8, 4) is 0 Å². The Balaban J connectivity index is 3.65. The number of hydrogen-bond donors (Lipinski definition) is 1. The fourth-order valence-corrected chi connectivity index (χ4v) is 1.62.